The minimum absolute atomic E-state index is 0.137. The summed E-state index contributed by atoms with van der Waals surface area (Å²) in [6.07, 6.45) is 1.79. The molecule has 5 nitrogen and oxygen atoms in total. The largest absolute Gasteiger partial charge is 0.481 e. The summed E-state index contributed by atoms with van der Waals surface area (Å²) in [7, 11) is 0. The van der Waals surface area contributed by atoms with Crippen molar-refractivity contribution in [3.63, 3.8) is 0 Å². The summed E-state index contributed by atoms with van der Waals surface area (Å²) >= 11 is 5.81. The van der Waals surface area contributed by atoms with Gasteiger partial charge in [0.05, 0.1) is 5.41 Å². The monoisotopic (exact) mass is 325 g/mol. The van der Waals surface area contributed by atoms with Crippen molar-refractivity contribution >= 4 is 23.5 Å². The van der Waals surface area contributed by atoms with Gasteiger partial charge in [-0.25, -0.2) is 0 Å². The normalized spacial score (nSPS) is 17.0. The van der Waals surface area contributed by atoms with Crippen LogP contribution < -0.4 is 5.32 Å². The van der Waals surface area contributed by atoms with Crippen molar-refractivity contribution in [1.82, 2.24) is 5.32 Å². The fraction of sp³-hybridized carbons (Fsp3) is 0.500. The number of halogens is 1. The molecule has 1 aliphatic heterocycles. The molecule has 1 amide bonds. The molecule has 120 valence electrons. The van der Waals surface area contributed by atoms with E-state index in [-0.39, 0.29) is 12.5 Å². The number of rotatable bonds is 6. The van der Waals surface area contributed by atoms with Crippen LogP contribution in [0.15, 0.2) is 24.3 Å². The summed E-state index contributed by atoms with van der Waals surface area (Å²) in [5.74, 6) is -1.00. The van der Waals surface area contributed by atoms with Crippen LogP contribution >= 0.6 is 11.6 Å². The first-order valence-corrected chi connectivity index (χ1v) is 7.72. The number of amides is 1. The zero-order chi connectivity index (χ0) is 16.0. The highest BCUT2D eigenvalue weighted by atomic mass is 35.5. The van der Waals surface area contributed by atoms with E-state index in [0.29, 0.717) is 43.9 Å². The Labute approximate surface area is 134 Å². The van der Waals surface area contributed by atoms with Crippen LogP contribution in [0.4, 0.5) is 0 Å². The number of aliphatic carboxylic acids is 1. The van der Waals surface area contributed by atoms with Gasteiger partial charge in [-0.1, -0.05) is 23.7 Å². The SMILES string of the molecule is O=C(CCc1ccc(Cl)cc1)NCC1(C(=O)O)CCOCC1. The maximum absolute atomic E-state index is 11.9. The predicted molar refractivity (Wildman–Crippen MR) is 82.9 cm³/mol. The molecule has 0 saturated carbocycles. The van der Waals surface area contributed by atoms with Gasteiger partial charge in [0.2, 0.25) is 5.91 Å². The third-order valence-corrected chi connectivity index (χ3v) is 4.33. The second-order valence-corrected chi connectivity index (χ2v) is 6.04. The third-order valence-electron chi connectivity index (χ3n) is 4.08. The molecule has 0 unspecified atom stereocenters. The molecule has 1 heterocycles. The smallest absolute Gasteiger partial charge is 0.311 e. The van der Waals surface area contributed by atoms with Crippen molar-refractivity contribution in [2.24, 2.45) is 5.41 Å². The van der Waals surface area contributed by atoms with Gasteiger partial charge in [0.15, 0.2) is 0 Å². The number of carboxylic acid groups (broad SMARTS) is 1. The van der Waals surface area contributed by atoms with Crippen LogP contribution in [0.2, 0.25) is 5.02 Å². The van der Waals surface area contributed by atoms with Crippen molar-refractivity contribution in [3.05, 3.63) is 34.9 Å². The minimum Gasteiger partial charge on any atom is -0.481 e. The summed E-state index contributed by atoms with van der Waals surface area (Å²) < 4.78 is 5.21. The van der Waals surface area contributed by atoms with Gasteiger partial charge in [0, 0.05) is 31.2 Å². The Morgan fingerprint density at radius 2 is 1.86 bits per heavy atom. The number of carbonyl (C=O) groups is 2. The molecule has 0 aromatic heterocycles. The lowest BCUT2D eigenvalue weighted by Gasteiger charge is -2.33. The molecule has 1 aromatic rings. The fourth-order valence-corrected chi connectivity index (χ4v) is 2.62. The van der Waals surface area contributed by atoms with Crippen molar-refractivity contribution in [1.29, 1.82) is 0 Å². The van der Waals surface area contributed by atoms with E-state index in [1.165, 1.54) is 0 Å². The summed E-state index contributed by atoms with van der Waals surface area (Å²) in [6, 6.07) is 7.34. The van der Waals surface area contributed by atoms with Gasteiger partial charge in [-0.3, -0.25) is 9.59 Å². The Morgan fingerprint density at radius 3 is 2.45 bits per heavy atom. The highest BCUT2D eigenvalue weighted by molar-refractivity contribution is 6.30. The first kappa shape index (κ1) is 16.8. The molecule has 1 saturated heterocycles. The molecule has 6 heteroatoms. The standard InChI is InChI=1S/C16H20ClNO4/c17-13-4-1-12(2-5-13)3-6-14(19)18-11-16(15(20)21)7-9-22-10-8-16/h1-2,4-5H,3,6-11H2,(H,18,19)(H,20,21). The zero-order valence-electron chi connectivity index (χ0n) is 12.3. The van der Waals surface area contributed by atoms with E-state index in [1.807, 2.05) is 12.1 Å². The number of hydrogen-bond donors (Lipinski definition) is 2. The highest BCUT2D eigenvalue weighted by Gasteiger charge is 2.40. The molecule has 0 atom stereocenters. The first-order chi connectivity index (χ1) is 10.5. The van der Waals surface area contributed by atoms with Crippen LogP contribution in [-0.2, 0) is 20.7 Å². The highest BCUT2D eigenvalue weighted by Crippen LogP contribution is 2.30. The van der Waals surface area contributed by atoms with Crippen molar-refractivity contribution in [2.45, 2.75) is 25.7 Å². The Kier molecular flexibility index (Phi) is 5.80. The lowest BCUT2D eigenvalue weighted by molar-refractivity contribution is -0.154. The average Bonchev–Trinajstić information content (AvgIpc) is 2.53. The van der Waals surface area contributed by atoms with E-state index < -0.39 is 11.4 Å². The molecular formula is C16H20ClNO4. The average molecular weight is 326 g/mol. The van der Waals surface area contributed by atoms with Gasteiger partial charge >= 0.3 is 5.97 Å². The number of nitrogens with one attached hydrogen (secondary N) is 1. The van der Waals surface area contributed by atoms with Gasteiger partial charge in [0.25, 0.3) is 0 Å². The second kappa shape index (κ2) is 7.61. The van der Waals surface area contributed by atoms with Crippen LogP contribution in [0, 0.1) is 5.41 Å². The maximum atomic E-state index is 11.9. The Balaban J connectivity index is 1.81. The van der Waals surface area contributed by atoms with Crippen LogP contribution in [0.3, 0.4) is 0 Å². The number of hydrogen-bond acceptors (Lipinski definition) is 3. The summed E-state index contributed by atoms with van der Waals surface area (Å²) in [5.41, 5.74) is 0.132. The van der Waals surface area contributed by atoms with Crippen molar-refractivity contribution < 1.29 is 19.4 Å². The van der Waals surface area contributed by atoms with Gasteiger partial charge < -0.3 is 15.2 Å². The summed E-state index contributed by atoms with van der Waals surface area (Å²) in [5, 5.41) is 12.8. The number of ether oxygens (including phenoxy) is 1. The zero-order valence-corrected chi connectivity index (χ0v) is 13.1. The first-order valence-electron chi connectivity index (χ1n) is 7.34. The molecule has 22 heavy (non-hydrogen) atoms. The molecule has 1 fully saturated rings. The van der Waals surface area contributed by atoms with Crippen LogP contribution in [0.1, 0.15) is 24.8 Å². The van der Waals surface area contributed by atoms with Gasteiger partial charge in [-0.05, 0) is 37.0 Å². The predicted octanol–water partition coefficient (Wildman–Crippen LogP) is 2.27. The van der Waals surface area contributed by atoms with E-state index in [9.17, 15) is 14.7 Å². The van der Waals surface area contributed by atoms with E-state index in [2.05, 4.69) is 5.32 Å². The molecule has 0 spiro atoms. The van der Waals surface area contributed by atoms with Gasteiger partial charge in [0.1, 0.15) is 0 Å². The number of carbonyl (C=O) groups excluding carboxylic acids is 1. The Hall–Kier alpha value is -1.59. The van der Waals surface area contributed by atoms with Gasteiger partial charge in [-0.2, -0.15) is 0 Å². The lowest BCUT2D eigenvalue weighted by atomic mass is 9.80. The lowest BCUT2D eigenvalue weighted by Crippen LogP contribution is -2.46. The summed E-state index contributed by atoms with van der Waals surface area (Å²) in [4.78, 5) is 23.4. The molecule has 0 bridgehead atoms. The Morgan fingerprint density at radius 1 is 1.23 bits per heavy atom. The third kappa shape index (κ3) is 4.45. The molecular weight excluding hydrogens is 306 g/mol. The molecule has 1 aromatic carbocycles. The quantitative estimate of drug-likeness (QED) is 0.841. The van der Waals surface area contributed by atoms with Crippen molar-refractivity contribution in [2.75, 3.05) is 19.8 Å². The van der Waals surface area contributed by atoms with Gasteiger partial charge in [-0.15, -0.1) is 0 Å². The molecule has 0 aliphatic carbocycles. The fourth-order valence-electron chi connectivity index (χ4n) is 2.49. The maximum Gasteiger partial charge on any atom is 0.311 e. The molecule has 1 aliphatic rings. The topological polar surface area (TPSA) is 75.6 Å². The van der Waals surface area contributed by atoms with E-state index in [4.69, 9.17) is 16.3 Å². The van der Waals surface area contributed by atoms with E-state index in [1.54, 1.807) is 12.1 Å². The van der Waals surface area contributed by atoms with Crippen LogP contribution in [-0.4, -0.2) is 36.7 Å². The minimum atomic E-state index is -0.895. The number of carboxylic acids is 1. The summed E-state index contributed by atoms with van der Waals surface area (Å²) in [6.45, 7) is 1.00. The molecule has 2 rings (SSSR count). The van der Waals surface area contributed by atoms with E-state index in [0.717, 1.165) is 5.56 Å². The molecule has 0 radical (unpaired) electrons. The molecule has 2 N–H and O–H groups in total. The Bertz CT molecular complexity index is 523. The van der Waals surface area contributed by atoms with Crippen molar-refractivity contribution in [3.8, 4) is 0 Å². The number of aryl methyl sites for hydroxylation is 1. The van der Waals surface area contributed by atoms with Crippen LogP contribution in [0.5, 0.6) is 0 Å². The van der Waals surface area contributed by atoms with E-state index >= 15 is 0 Å². The number of benzene rings is 1. The second-order valence-electron chi connectivity index (χ2n) is 5.60. The van der Waals surface area contributed by atoms with Crippen LogP contribution in [0.25, 0.3) is 0 Å².